The third-order valence-corrected chi connectivity index (χ3v) is 5.47. The number of allylic oxidation sites excluding steroid dienone is 2. The van der Waals surface area contributed by atoms with Gasteiger partial charge in [0.25, 0.3) is 0 Å². The van der Waals surface area contributed by atoms with E-state index in [9.17, 15) is 0 Å². The van der Waals surface area contributed by atoms with Gasteiger partial charge in [-0.25, -0.2) is 0 Å². The second kappa shape index (κ2) is 9.26. The summed E-state index contributed by atoms with van der Waals surface area (Å²) in [5.74, 6) is 0. The van der Waals surface area contributed by atoms with Crippen molar-refractivity contribution in [3.8, 4) is 0 Å². The van der Waals surface area contributed by atoms with Crippen LogP contribution in [0.2, 0.25) is 9.74 Å². The predicted octanol–water partition coefficient (Wildman–Crippen LogP) is 4.57. The van der Waals surface area contributed by atoms with E-state index in [2.05, 4.69) is 62.4 Å². The molecule has 0 saturated heterocycles. The predicted molar refractivity (Wildman–Crippen MR) is 93.4 cm³/mol. The standard InChI is InChI=1S/C15H21N2.2CH3.Sb/c1-4-6-14-11-15(9-8-12(14)2)17-13(3)7-5-10-16;;;/h4,6,8-9,11,16-17H,3,5,7,10H2,1-2H3;2*1H3;/q-1;;;+1/b6-4-;;;. The molecule has 110 valence electrons. The van der Waals surface area contributed by atoms with Crippen LogP contribution in [-0.2, 0) is 0 Å². The van der Waals surface area contributed by atoms with Crippen LogP contribution in [0.3, 0.4) is 0 Å². The Morgan fingerprint density at radius 1 is 1.35 bits per heavy atom. The third kappa shape index (κ3) is 6.63. The van der Waals surface area contributed by atoms with Gasteiger partial charge in [0.2, 0.25) is 0 Å². The van der Waals surface area contributed by atoms with Crippen molar-refractivity contribution in [2.24, 2.45) is 0 Å². The molecule has 0 atom stereocenters. The van der Waals surface area contributed by atoms with E-state index in [1.807, 2.05) is 6.92 Å². The second-order valence-electron chi connectivity index (χ2n) is 5.21. The number of hydrogen-bond donors (Lipinski definition) is 2. The summed E-state index contributed by atoms with van der Waals surface area (Å²) in [6.07, 6.45) is 6.39. The SMILES string of the molecule is C=C(CCC[NH][Sb]([CH3])[CH3])Nc1ccc(C)c(/C=C\C)c1. The number of benzene rings is 1. The Morgan fingerprint density at radius 2 is 2.10 bits per heavy atom. The number of aryl methyl sites for hydroxylation is 1. The Kier molecular flexibility index (Phi) is 8.02. The molecule has 1 aromatic rings. The normalized spacial score (nSPS) is 11.2. The Bertz CT molecular complexity index is 464. The van der Waals surface area contributed by atoms with Gasteiger partial charge in [-0.2, -0.15) is 0 Å². The molecule has 0 heterocycles. The molecule has 2 nitrogen and oxygen atoms in total. The third-order valence-electron chi connectivity index (χ3n) is 3.03. The van der Waals surface area contributed by atoms with Crippen LogP contribution in [0.15, 0.2) is 36.6 Å². The summed E-state index contributed by atoms with van der Waals surface area (Å²) in [5, 5.41) is 3.41. The van der Waals surface area contributed by atoms with E-state index < -0.39 is 20.5 Å². The van der Waals surface area contributed by atoms with Crippen LogP contribution >= 0.6 is 0 Å². The van der Waals surface area contributed by atoms with Gasteiger partial charge in [0.1, 0.15) is 0 Å². The van der Waals surface area contributed by atoms with Gasteiger partial charge < -0.3 is 0 Å². The summed E-state index contributed by atoms with van der Waals surface area (Å²) in [5.41, 5.74) is 4.78. The average molecular weight is 381 g/mol. The first-order chi connectivity index (χ1) is 9.52. The van der Waals surface area contributed by atoms with Crippen LogP contribution in [0.25, 0.3) is 6.08 Å². The van der Waals surface area contributed by atoms with Gasteiger partial charge in [-0.3, -0.25) is 0 Å². The van der Waals surface area contributed by atoms with Crippen LogP contribution in [0.4, 0.5) is 5.69 Å². The van der Waals surface area contributed by atoms with E-state index in [4.69, 9.17) is 0 Å². The maximum absolute atomic E-state index is 4.12. The molecule has 0 saturated carbocycles. The van der Waals surface area contributed by atoms with E-state index in [1.54, 1.807) is 0 Å². The summed E-state index contributed by atoms with van der Waals surface area (Å²) in [6.45, 7) is 9.42. The molecule has 0 amide bonds. The van der Waals surface area contributed by atoms with Crippen molar-refractivity contribution in [2.75, 3.05) is 11.9 Å². The minimum absolute atomic E-state index is 1.01. The number of rotatable bonds is 8. The molecule has 0 bridgehead atoms. The van der Waals surface area contributed by atoms with Gasteiger partial charge in [-0.1, -0.05) is 0 Å². The molecule has 0 aliphatic carbocycles. The Balaban J connectivity index is 2.47. The Hall–Kier alpha value is -0.722. The zero-order valence-corrected chi connectivity index (χ0v) is 15.7. The Morgan fingerprint density at radius 3 is 2.75 bits per heavy atom. The summed E-state index contributed by atoms with van der Waals surface area (Å²) in [4.78, 5) is 4.70. The number of hydrogen-bond acceptors (Lipinski definition) is 2. The van der Waals surface area contributed by atoms with Crippen molar-refractivity contribution in [3.63, 3.8) is 0 Å². The van der Waals surface area contributed by atoms with Crippen LogP contribution in [0, 0.1) is 6.92 Å². The fourth-order valence-electron chi connectivity index (χ4n) is 1.95. The number of anilines is 1. The first-order valence-electron chi connectivity index (χ1n) is 7.12. The molecule has 1 rings (SSSR count). The van der Waals surface area contributed by atoms with E-state index in [1.165, 1.54) is 11.1 Å². The van der Waals surface area contributed by atoms with Crippen LogP contribution in [0.1, 0.15) is 30.9 Å². The van der Waals surface area contributed by atoms with Crippen LogP contribution in [-0.4, -0.2) is 27.0 Å². The quantitative estimate of drug-likeness (QED) is 0.509. The molecule has 0 aliphatic rings. The van der Waals surface area contributed by atoms with Gasteiger partial charge in [-0.15, -0.1) is 0 Å². The summed E-state index contributed by atoms with van der Waals surface area (Å²) in [6, 6.07) is 6.45. The summed E-state index contributed by atoms with van der Waals surface area (Å²) >= 11 is -1.01. The van der Waals surface area contributed by atoms with Crippen molar-refractivity contribution in [3.05, 3.63) is 47.7 Å². The van der Waals surface area contributed by atoms with E-state index in [-0.39, 0.29) is 0 Å². The fourth-order valence-corrected chi connectivity index (χ4v) is 3.68. The van der Waals surface area contributed by atoms with Gasteiger partial charge in [0.05, 0.1) is 0 Å². The van der Waals surface area contributed by atoms with Crippen molar-refractivity contribution < 1.29 is 0 Å². The van der Waals surface area contributed by atoms with Crippen molar-refractivity contribution in [1.29, 1.82) is 0 Å². The number of nitrogens with one attached hydrogen (secondary N) is 2. The molecule has 3 heteroatoms. The molecular weight excluding hydrogens is 354 g/mol. The van der Waals surface area contributed by atoms with Gasteiger partial charge >= 0.3 is 132 Å². The van der Waals surface area contributed by atoms with Gasteiger partial charge in [-0.05, 0) is 0 Å². The maximum atomic E-state index is 4.12. The van der Waals surface area contributed by atoms with Crippen LogP contribution in [0.5, 0.6) is 0 Å². The van der Waals surface area contributed by atoms with E-state index in [0.29, 0.717) is 0 Å². The Labute approximate surface area is 131 Å². The van der Waals surface area contributed by atoms with Crippen LogP contribution < -0.4 is 8.79 Å². The topological polar surface area (TPSA) is 24.1 Å². The molecule has 20 heavy (non-hydrogen) atoms. The minimum atomic E-state index is -1.01. The molecule has 2 N–H and O–H groups in total. The molecule has 0 unspecified atom stereocenters. The molecule has 0 fully saturated rings. The molecule has 0 spiro atoms. The molecule has 1 aromatic carbocycles. The first kappa shape index (κ1) is 17.3. The van der Waals surface area contributed by atoms with Crippen molar-refractivity contribution >= 4 is 32.3 Å². The zero-order valence-electron chi connectivity index (χ0n) is 13.2. The average Bonchev–Trinajstić information content (AvgIpc) is 2.39. The molecule has 0 aromatic heterocycles. The second-order valence-corrected chi connectivity index (χ2v) is 11.2. The monoisotopic (exact) mass is 380 g/mol. The zero-order chi connectivity index (χ0) is 15.0. The van der Waals surface area contributed by atoms with Gasteiger partial charge in [0.15, 0.2) is 0 Å². The summed E-state index contributed by atoms with van der Waals surface area (Å²) < 4.78 is 3.60. The van der Waals surface area contributed by atoms with Crippen molar-refractivity contribution in [2.45, 2.75) is 36.4 Å². The van der Waals surface area contributed by atoms with Gasteiger partial charge in [0, 0.05) is 0 Å². The first-order valence-corrected chi connectivity index (χ1v) is 13.5. The summed E-state index contributed by atoms with van der Waals surface area (Å²) in [7, 11) is 0. The molecular formula is C17H27N2Sb. The van der Waals surface area contributed by atoms with Crippen molar-refractivity contribution in [1.82, 2.24) is 3.48 Å². The fraction of sp³-hybridized carbons (Fsp3) is 0.412. The van der Waals surface area contributed by atoms with E-state index in [0.717, 1.165) is 30.8 Å². The molecule has 0 aliphatic heterocycles. The van der Waals surface area contributed by atoms with E-state index >= 15 is 0 Å². The molecule has 0 radical (unpaired) electrons.